The molecule has 2 rings (SSSR count). The quantitative estimate of drug-likeness (QED) is 0.782. The molecule has 15 heavy (non-hydrogen) atoms. The molecule has 1 aromatic carbocycles. The van der Waals surface area contributed by atoms with E-state index in [2.05, 4.69) is 5.32 Å². The number of halogens is 1. The largest absolute Gasteiger partial charge is 0.505 e. The molecule has 1 atom stereocenters. The van der Waals surface area contributed by atoms with Gasteiger partial charge in [-0.25, -0.2) is 4.39 Å². The van der Waals surface area contributed by atoms with Crippen LogP contribution < -0.4 is 5.32 Å². The predicted molar refractivity (Wildman–Crippen MR) is 57.5 cm³/mol. The van der Waals surface area contributed by atoms with Gasteiger partial charge in [-0.1, -0.05) is 6.07 Å². The Balaban J connectivity index is 2.14. The van der Waals surface area contributed by atoms with E-state index in [1.807, 2.05) is 6.07 Å². The van der Waals surface area contributed by atoms with Gasteiger partial charge in [0.2, 0.25) is 0 Å². The molecule has 1 heterocycles. The van der Waals surface area contributed by atoms with Crippen LogP contribution in [0, 0.1) is 12.7 Å². The van der Waals surface area contributed by atoms with Gasteiger partial charge >= 0.3 is 0 Å². The van der Waals surface area contributed by atoms with Crippen LogP contribution in [0.25, 0.3) is 0 Å². The van der Waals surface area contributed by atoms with Crippen LogP contribution in [0.5, 0.6) is 5.75 Å². The number of benzene rings is 1. The van der Waals surface area contributed by atoms with Crippen LogP contribution >= 0.6 is 0 Å². The Morgan fingerprint density at radius 3 is 2.93 bits per heavy atom. The Morgan fingerprint density at radius 1 is 1.53 bits per heavy atom. The molecule has 1 unspecified atom stereocenters. The molecule has 1 aromatic rings. The van der Waals surface area contributed by atoms with Gasteiger partial charge in [-0.3, -0.25) is 0 Å². The van der Waals surface area contributed by atoms with Gasteiger partial charge in [0.25, 0.3) is 0 Å². The number of hydrogen-bond acceptors (Lipinski definition) is 2. The maximum absolute atomic E-state index is 13.2. The summed E-state index contributed by atoms with van der Waals surface area (Å²) in [7, 11) is 0. The Hall–Kier alpha value is -1.09. The zero-order chi connectivity index (χ0) is 10.8. The van der Waals surface area contributed by atoms with Gasteiger partial charge < -0.3 is 10.4 Å². The number of nitrogens with one attached hydrogen (secondary N) is 1. The van der Waals surface area contributed by atoms with Crippen LogP contribution in [0.2, 0.25) is 0 Å². The minimum absolute atomic E-state index is 0.233. The number of phenols is 1. The maximum atomic E-state index is 13.2. The fourth-order valence-corrected chi connectivity index (χ4v) is 2.16. The maximum Gasteiger partial charge on any atom is 0.167 e. The molecule has 0 saturated carbocycles. The van der Waals surface area contributed by atoms with Gasteiger partial charge in [-0.15, -0.1) is 0 Å². The third-order valence-electron chi connectivity index (χ3n) is 2.94. The van der Waals surface area contributed by atoms with E-state index in [1.165, 1.54) is 12.5 Å². The number of hydrogen-bond donors (Lipinski definition) is 2. The van der Waals surface area contributed by atoms with Crippen LogP contribution in [-0.4, -0.2) is 17.7 Å². The molecule has 1 saturated heterocycles. The lowest BCUT2D eigenvalue weighted by Crippen LogP contribution is -2.23. The predicted octanol–water partition coefficient (Wildman–Crippen LogP) is 2.13. The fraction of sp³-hybridized carbons (Fsp3) is 0.500. The minimum Gasteiger partial charge on any atom is -0.505 e. The van der Waals surface area contributed by atoms with E-state index < -0.39 is 5.82 Å². The van der Waals surface area contributed by atoms with Crippen molar-refractivity contribution in [1.82, 2.24) is 5.32 Å². The summed E-state index contributed by atoms with van der Waals surface area (Å²) < 4.78 is 13.2. The highest BCUT2D eigenvalue weighted by Gasteiger charge is 2.15. The first-order valence-corrected chi connectivity index (χ1v) is 5.38. The van der Waals surface area contributed by atoms with Gasteiger partial charge in [0, 0.05) is 6.04 Å². The second-order valence-electron chi connectivity index (χ2n) is 4.24. The average Bonchev–Trinajstić information content (AvgIpc) is 2.66. The second kappa shape index (κ2) is 4.19. The zero-order valence-corrected chi connectivity index (χ0v) is 8.89. The Morgan fingerprint density at radius 2 is 2.33 bits per heavy atom. The summed E-state index contributed by atoms with van der Waals surface area (Å²) >= 11 is 0. The van der Waals surface area contributed by atoms with Crippen molar-refractivity contribution in [3.8, 4) is 5.75 Å². The highest BCUT2D eigenvalue weighted by Crippen LogP contribution is 2.23. The highest BCUT2D eigenvalue weighted by atomic mass is 19.1. The number of aryl methyl sites for hydroxylation is 1. The van der Waals surface area contributed by atoms with Crippen molar-refractivity contribution in [2.45, 2.75) is 32.2 Å². The molecule has 0 bridgehead atoms. The van der Waals surface area contributed by atoms with Crippen LogP contribution in [0.3, 0.4) is 0 Å². The summed E-state index contributed by atoms with van der Waals surface area (Å²) in [6.45, 7) is 2.75. The Kier molecular flexibility index (Phi) is 2.91. The summed E-state index contributed by atoms with van der Waals surface area (Å²) in [5, 5.41) is 12.7. The lowest BCUT2D eigenvalue weighted by Gasteiger charge is -2.11. The van der Waals surface area contributed by atoms with Crippen LogP contribution in [0.4, 0.5) is 4.39 Å². The molecule has 1 fully saturated rings. The first-order chi connectivity index (χ1) is 7.16. The first-order valence-electron chi connectivity index (χ1n) is 5.38. The molecule has 1 aliphatic rings. The van der Waals surface area contributed by atoms with Crippen molar-refractivity contribution in [2.24, 2.45) is 0 Å². The van der Waals surface area contributed by atoms with Gasteiger partial charge in [-0.05, 0) is 49.9 Å². The lowest BCUT2D eigenvalue weighted by molar-refractivity contribution is 0.428. The van der Waals surface area contributed by atoms with E-state index in [9.17, 15) is 9.50 Å². The van der Waals surface area contributed by atoms with Gasteiger partial charge in [0.05, 0.1) is 0 Å². The van der Waals surface area contributed by atoms with Crippen molar-refractivity contribution in [1.29, 1.82) is 0 Å². The fourth-order valence-electron chi connectivity index (χ4n) is 2.16. The van der Waals surface area contributed by atoms with E-state index in [-0.39, 0.29) is 5.75 Å². The number of phenolic OH excluding ortho intramolecular Hbond substituents is 1. The molecular weight excluding hydrogens is 193 g/mol. The molecule has 0 aliphatic carbocycles. The smallest absolute Gasteiger partial charge is 0.167 e. The van der Waals surface area contributed by atoms with Crippen molar-refractivity contribution in [2.75, 3.05) is 6.54 Å². The normalized spacial score (nSPS) is 20.8. The van der Waals surface area contributed by atoms with Crippen molar-refractivity contribution in [3.05, 3.63) is 29.1 Å². The minimum atomic E-state index is -0.502. The molecule has 0 amide bonds. The number of aromatic hydroxyl groups is 1. The van der Waals surface area contributed by atoms with E-state index in [1.54, 1.807) is 6.92 Å². The van der Waals surface area contributed by atoms with Crippen molar-refractivity contribution in [3.63, 3.8) is 0 Å². The van der Waals surface area contributed by atoms with E-state index in [0.717, 1.165) is 24.9 Å². The topological polar surface area (TPSA) is 32.3 Å². The molecule has 82 valence electrons. The van der Waals surface area contributed by atoms with Crippen molar-refractivity contribution >= 4 is 0 Å². The summed E-state index contributed by atoms with van der Waals surface area (Å²) in [5.74, 6) is -0.735. The van der Waals surface area contributed by atoms with Crippen LogP contribution in [0.15, 0.2) is 12.1 Å². The molecule has 3 heteroatoms. The second-order valence-corrected chi connectivity index (χ2v) is 4.24. The number of rotatable bonds is 2. The van der Waals surface area contributed by atoms with Gasteiger partial charge in [0.1, 0.15) is 0 Å². The lowest BCUT2D eigenvalue weighted by atomic mass is 10.0. The van der Waals surface area contributed by atoms with Gasteiger partial charge in [-0.2, -0.15) is 0 Å². The monoisotopic (exact) mass is 209 g/mol. The molecule has 2 nitrogen and oxygen atoms in total. The third kappa shape index (κ3) is 2.29. The van der Waals surface area contributed by atoms with Gasteiger partial charge in [0.15, 0.2) is 11.6 Å². The van der Waals surface area contributed by atoms with Crippen LogP contribution in [0.1, 0.15) is 24.0 Å². The molecule has 2 N–H and O–H groups in total. The molecule has 0 spiro atoms. The molecule has 1 aliphatic heterocycles. The van der Waals surface area contributed by atoms with Crippen LogP contribution in [-0.2, 0) is 6.42 Å². The summed E-state index contributed by atoms with van der Waals surface area (Å²) in [6, 6.07) is 3.83. The first kappa shape index (κ1) is 10.4. The summed E-state index contributed by atoms with van der Waals surface area (Å²) in [5.41, 5.74) is 1.52. The Labute approximate surface area is 89.1 Å². The zero-order valence-electron chi connectivity index (χ0n) is 8.89. The summed E-state index contributed by atoms with van der Waals surface area (Å²) in [6.07, 6.45) is 3.24. The molecule has 0 aromatic heterocycles. The molecule has 0 radical (unpaired) electrons. The van der Waals surface area contributed by atoms with E-state index >= 15 is 0 Å². The highest BCUT2D eigenvalue weighted by molar-refractivity contribution is 5.35. The van der Waals surface area contributed by atoms with Crippen molar-refractivity contribution < 1.29 is 9.50 Å². The van der Waals surface area contributed by atoms with E-state index in [0.29, 0.717) is 11.6 Å². The van der Waals surface area contributed by atoms with E-state index in [4.69, 9.17) is 0 Å². The Bertz CT molecular complexity index is 336. The SMILES string of the molecule is Cc1cc(CC2CCCN2)cc(O)c1F. The third-order valence-corrected chi connectivity index (χ3v) is 2.94. The molecular formula is C12H16FNO. The summed E-state index contributed by atoms with van der Waals surface area (Å²) in [4.78, 5) is 0. The standard InChI is InChI=1S/C12H16FNO/c1-8-5-9(7-11(15)12(8)13)6-10-3-2-4-14-10/h5,7,10,14-15H,2-4,6H2,1H3. The average molecular weight is 209 g/mol.